The van der Waals surface area contributed by atoms with Crippen molar-refractivity contribution in [3.8, 4) is 0 Å². The lowest BCUT2D eigenvalue weighted by Crippen LogP contribution is -2.31. The molecule has 0 spiro atoms. The number of nitrogens with two attached hydrogens (primary N) is 1. The molecule has 6 heteroatoms. The third-order valence-corrected chi connectivity index (χ3v) is 1.98. The smallest absolute Gasteiger partial charge is 0.370 e. The molecule has 2 N–H and O–H groups in total. The molecule has 96 valence electrons. The first-order valence-corrected chi connectivity index (χ1v) is 5.01. The molecule has 0 saturated carbocycles. The van der Waals surface area contributed by atoms with Gasteiger partial charge in [-0.15, -0.1) is 0 Å². The van der Waals surface area contributed by atoms with Crippen molar-refractivity contribution in [3.63, 3.8) is 0 Å². The maximum atomic E-state index is 12.8. The lowest BCUT2D eigenvalue weighted by molar-refractivity contribution is -0.174. The maximum absolute atomic E-state index is 12.8. The SMILES string of the molecule is NC(COCC(F)(F)F)Cc1cccc(F)c1. The van der Waals surface area contributed by atoms with Gasteiger partial charge in [0.2, 0.25) is 0 Å². The van der Waals surface area contributed by atoms with E-state index in [1.807, 2.05) is 0 Å². The van der Waals surface area contributed by atoms with Crippen molar-refractivity contribution in [2.45, 2.75) is 18.6 Å². The van der Waals surface area contributed by atoms with E-state index < -0.39 is 24.6 Å². The van der Waals surface area contributed by atoms with Crippen molar-refractivity contribution < 1.29 is 22.3 Å². The van der Waals surface area contributed by atoms with Crippen LogP contribution in [0.15, 0.2) is 24.3 Å². The van der Waals surface area contributed by atoms with Crippen LogP contribution in [0, 0.1) is 5.82 Å². The Balaban J connectivity index is 2.32. The zero-order valence-electron chi connectivity index (χ0n) is 9.01. The van der Waals surface area contributed by atoms with E-state index in [0.717, 1.165) is 0 Å². The first-order chi connectivity index (χ1) is 7.87. The highest BCUT2D eigenvalue weighted by Crippen LogP contribution is 2.14. The van der Waals surface area contributed by atoms with E-state index in [1.165, 1.54) is 18.2 Å². The average molecular weight is 251 g/mol. The maximum Gasteiger partial charge on any atom is 0.411 e. The van der Waals surface area contributed by atoms with Gasteiger partial charge in [0.1, 0.15) is 12.4 Å². The van der Waals surface area contributed by atoms with Crippen LogP contribution in [0.2, 0.25) is 0 Å². The summed E-state index contributed by atoms with van der Waals surface area (Å²) in [5.74, 6) is -0.397. The fourth-order valence-electron chi connectivity index (χ4n) is 1.35. The molecule has 1 unspecified atom stereocenters. The molecule has 17 heavy (non-hydrogen) atoms. The molecule has 0 aliphatic heterocycles. The van der Waals surface area contributed by atoms with Gasteiger partial charge in [0.15, 0.2) is 0 Å². The van der Waals surface area contributed by atoms with Gasteiger partial charge >= 0.3 is 6.18 Å². The molecule has 0 aliphatic carbocycles. The van der Waals surface area contributed by atoms with Crippen LogP contribution in [-0.2, 0) is 11.2 Å². The van der Waals surface area contributed by atoms with Gasteiger partial charge in [0.05, 0.1) is 6.61 Å². The standard InChI is InChI=1S/C11H13F4NO/c12-9-3-1-2-8(4-9)5-10(16)6-17-7-11(13,14)15/h1-4,10H,5-7,16H2. The topological polar surface area (TPSA) is 35.2 Å². The second-order valence-corrected chi connectivity index (χ2v) is 3.72. The Labute approximate surface area is 96.4 Å². The highest BCUT2D eigenvalue weighted by Gasteiger charge is 2.27. The molecule has 0 aliphatic rings. The predicted molar refractivity (Wildman–Crippen MR) is 55.0 cm³/mol. The van der Waals surface area contributed by atoms with E-state index in [4.69, 9.17) is 5.73 Å². The lowest BCUT2D eigenvalue weighted by Gasteiger charge is -2.13. The Kier molecular flexibility index (Phi) is 4.89. The fourth-order valence-corrected chi connectivity index (χ4v) is 1.35. The summed E-state index contributed by atoms with van der Waals surface area (Å²) in [7, 11) is 0. The number of rotatable bonds is 5. The van der Waals surface area contributed by atoms with Crippen molar-refractivity contribution in [1.82, 2.24) is 0 Å². The second kappa shape index (κ2) is 5.97. The number of benzene rings is 1. The Bertz CT molecular complexity index is 354. The van der Waals surface area contributed by atoms with E-state index in [-0.39, 0.29) is 13.0 Å². The normalized spacial score (nSPS) is 13.7. The number of alkyl halides is 3. The minimum absolute atomic E-state index is 0.212. The zero-order chi connectivity index (χ0) is 12.9. The summed E-state index contributed by atoms with van der Waals surface area (Å²) >= 11 is 0. The molecule has 0 fully saturated rings. The minimum Gasteiger partial charge on any atom is -0.370 e. The van der Waals surface area contributed by atoms with Crippen molar-refractivity contribution in [2.24, 2.45) is 5.73 Å². The van der Waals surface area contributed by atoms with E-state index in [2.05, 4.69) is 4.74 Å². The molecule has 0 amide bonds. The predicted octanol–water partition coefficient (Wildman–Crippen LogP) is 2.27. The number of hydrogen-bond donors (Lipinski definition) is 1. The molecule has 0 bridgehead atoms. The number of halogens is 4. The van der Waals surface area contributed by atoms with Crippen molar-refractivity contribution in [2.75, 3.05) is 13.2 Å². The summed E-state index contributed by atoms with van der Waals surface area (Å²) in [5, 5.41) is 0. The average Bonchev–Trinajstić information content (AvgIpc) is 2.15. The highest BCUT2D eigenvalue weighted by molar-refractivity contribution is 5.17. The third kappa shape index (κ3) is 6.23. The summed E-state index contributed by atoms with van der Waals surface area (Å²) in [6.45, 7) is -1.53. The summed E-state index contributed by atoms with van der Waals surface area (Å²) < 4.78 is 52.5. The Morgan fingerprint density at radius 2 is 2.00 bits per heavy atom. The Morgan fingerprint density at radius 3 is 2.59 bits per heavy atom. The van der Waals surface area contributed by atoms with E-state index in [0.29, 0.717) is 5.56 Å². The molecule has 1 rings (SSSR count). The zero-order valence-corrected chi connectivity index (χ0v) is 9.01. The van der Waals surface area contributed by atoms with Crippen LogP contribution in [-0.4, -0.2) is 25.4 Å². The van der Waals surface area contributed by atoms with Gasteiger partial charge in [-0.3, -0.25) is 0 Å². The molecule has 0 heterocycles. The van der Waals surface area contributed by atoms with E-state index >= 15 is 0 Å². The van der Waals surface area contributed by atoms with Crippen molar-refractivity contribution in [1.29, 1.82) is 0 Å². The van der Waals surface area contributed by atoms with E-state index in [9.17, 15) is 17.6 Å². The summed E-state index contributed by atoms with van der Waals surface area (Å²) in [5.41, 5.74) is 6.20. The molecular weight excluding hydrogens is 238 g/mol. The fraction of sp³-hybridized carbons (Fsp3) is 0.455. The monoisotopic (exact) mass is 251 g/mol. The number of ether oxygens (including phenoxy) is 1. The van der Waals surface area contributed by atoms with Gasteiger partial charge in [-0.1, -0.05) is 12.1 Å². The largest absolute Gasteiger partial charge is 0.411 e. The van der Waals surface area contributed by atoms with Crippen LogP contribution >= 0.6 is 0 Å². The van der Waals surface area contributed by atoms with Gasteiger partial charge in [0, 0.05) is 6.04 Å². The molecule has 1 atom stereocenters. The van der Waals surface area contributed by atoms with Crippen molar-refractivity contribution >= 4 is 0 Å². The first-order valence-electron chi connectivity index (χ1n) is 5.01. The second-order valence-electron chi connectivity index (χ2n) is 3.72. The molecular formula is C11H13F4NO. The highest BCUT2D eigenvalue weighted by atomic mass is 19.4. The van der Waals surface area contributed by atoms with Gasteiger partial charge in [-0.05, 0) is 24.1 Å². The summed E-state index contributed by atoms with van der Waals surface area (Å²) in [6.07, 6.45) is -4.08. The summed E-state index contributed by atoms with van der Waals surface area (Å²) in [4.78, 5) is 0. The van der Waals surface area contributed by atoms with Crippen LogP contribution in [0.4, 0.5) is 17.6 Å². The molecule has 0 aromatic heterocycles. The van der Waals surface area contributed by atoms with Gasteiger partial charge in [-0.25, -0.2) is 4.39 Å². The van der Waals surface area contributed by atoms with Crippen molar-refractivity contribution in [3.05, 3.63) is 35.6 Å². The third-order valence-electron chi connectivity index (χ3n) is 1.98. The van der Waals surface area contributed by atoms with Crippen LogP contribution in [0.25, 0.3) is 0 Å². The van der Waals surface area contributed by atoms with Crippen LogP contribution in [0.5, 0.6) is 0 Å². The van der Waals surface area contributed by atoms with Gasteiger partial charge < -0.3 is 10.5 Å². The quantitative estimate of drug-likeness (QED) is 0.815. The van der Waals surface area contributed by atoms with Gasteiger partial charge in [-0.2, -0.15) is 13.2 Å². The number of hydrogen-bond acceptors (Lipinski definition) is 2. The van der Waals surface area contributed by atoms with E-state index in [1.54, 1.807) is 6.07 Å². The summed E-state index contributed by atoms with van der Waals surface area (Å²) in [6, 6.07) is 5.18. The van der Waals surface area contributed by atoms with Crippen LogP contribution in [0.3, 0.4) is 0 Å². The molecule has 0 saturated heterocycles. The molecule has 1 aromatic carbocycles. The van der Waals surface area contributed by atoms with Crippen LogP contribution in [0.1, 0.15) is 5.56 Å². The van der Waals surface area contributed by atoms with Gasteiger partial charge in [0.25, 0.3) is 0 Å². The first kappa shape index (κ1) is 13.9. The van der Waals surface area contributed by atoms with Crippen LogP contribution < -0.4 is 5.73 Å². The molecule has 1 aromatic rings. The lowest BCUT2D eigenvalue weighted by atomic mass is 10.1. The Morgan fingerprint density at radius 1 is 1.29 bits per heavy atom. The Hall–Kier alpha value is -1.14. The molecule has 2 nitrogen and oxygen atoms in total. The minimum atomic E-state index is -4.35. The molecule has 0 radical (unpaired) electrons.